The van der Waals surface area contributed by atoms with E-state index in [0.29, 0.717) is 4.47 Å². The molecule has 1 aromatic carbocycles. The predicted octanol–water partition coefficient (Wildman–Crippen LogP) is 0.887. The van der Waals surface area contributed by atoms with E-state index >= 15 is 0 Å². The zero-order chi connectivity index (χ0) is 15.0. The van der Waals surface area contributed by atoms with Gasteiger partial charge in [-0.1, -0.05) is 15.9 Å². The van der Waals surface area contributed by atoms with E-state index in [9.17, 15) is 16.8 Å². The van der Waals surface area contributed by atoms with Gasteiger partial charge in [-0.15, -0.1) is 0 Å². The van der Waals surface area contributed by atoms with E-state index in [1.54, 1.807) is 6.07 Å². The Morgan fingerprint density at radius 2 is 1.85 bits per heavy atom. The molecular formula is C11H15BrN2O4S2. The van der Waals surface area contributed by atoms with Crippen LogP contribution in [-0.4, -0.2) is 34.4 Å². The Labute approximate surface area is 126 Å². The third-order valence-corrected chi connectivity index (χ3v) is 6.94. The van der Waals surface area contributed by atoms with Crippen molar-refractivity contribution in [3.63, 3.8) is 0 Å². The van der Waals surface area contributed by atoms with Gasteiger partial charge in [-0.05, 0) is 31.0 Å². The first-order valence-electron chi connectivity index (χ1n) is 5.97. The first-order chi connectivity index (χ1) is 9.20. The molecule has 0 aromatic heterocycles. The highest BCUT2D eigenvalue weighted by Crippen LogP contribution is 2.24. The highest BCUT2D eigenvalue weighted by Gasteiger charge is 2.28. The summed E-state index contributed by atoms with van der Waals surface area (Å²) >= 11 is 3.21. The zero-order valence-electron chi connectivity index (χ0n) is 10.5. The number of nitrogen functional groups attached to an aromatic ring is 1. The smallest absolute Gasteiger partial charge is 0.242 e. The summed E-state index contributed by atoms with van der Waals surface area (Å²) in [6.07, 6.45) is 0.579. The molecule has 1 saturated heterocycles. The fourth-order valence-corrected chi connectivity index (χ4v) is 5.34. The molecule has 1 aliphatic heterocycles. The first-order valence-corrected chi connectivity index (χ1v) is 10.1. The van der Waals surface area contributed by atoms with Crippen LogP contribution < -0.4 is 10.5 Å². The van der Waals surface area contributed by atoms with Crippen LogP contribution in [0, 0.1) is 0 Å². The Bertz CT molecular complexity index is 702. The quantitative estimate of drug-likeness (QED) is 0.754. The van der Waals surface area contributed by atoms with Crippen molar-refractivity contribution in [2.45, 2.75) is 23.8 Å². The largest absolute Gasteiger partial charge is 0.398 e. The van der Waals surface area contributed by atoms with Gasteiger partial charge in [0.15, 0.2) is 0 Å². The van der Waals surface area contributed by atoms with Gasteiger partial charge in [0.25, 0.3) is 0 Å². The van der Waals surface area contributed by atoms with Gasteiger partial charge in [-0.2, -0.15) is 0 Å². The van der Waals surface area contributed by atoms with Crippen LogP contribution in [0.25, 0.3) is 0 Å². The second-order valence-corrected chi connectivity index (χ2v) is 9.63. The molecular weight excluding hydrogens is 368 g/mol. The molecule has 3 N–H and O–H groups in total. The van der Waals surface area contributed by atoms with Gasteiger partial charge < -0.3 is 5.73 Å². The highest BCUT2D eigenvalue weighted by atomic mass is 79.9. The van der Waals surface area contributed by atoms with Gasteiger partial charge in [0, 0.05) is 10.5 Å². The highest BCUT2D eigenvalue weighted by molar-refractivity contribution is 9.10. The second-order valence-electron chi connectivity index (χ2n) is 4.73. The lowest BCUT2D eigenvalue weighted by molar-refractivity contribution is 0.505. The topological polar surface area (TPSA) is 106 Å². The van der Waals surface area contributed by atoms with Gasteiger partial charge in [-0.25, -0.2) is 21.6 Å². The Morgan fingerprint density at radius 1 is 1.25 bits per heavy atom. The minimum absolute atomic E-state index is 0.00845. The zero-order valence-corrected chi connectivity index (χ0v) is 13.8. The van der Waals surface area contributed by atoms with E-state index in [4.69, 9.17) is 5.73 Å². The minimum Gasteiger partial charge on any atom is -0.398 e. The number of hydrogen-bond acceptors (Lipinski definition) is 5. The molecule has 112 valence electrons. The van der Waals surface area contributed by atoms with Crippen molar-refractivity contribution in [1.29, 1.82) is 0 Å². The predicted molar refractivity (Wildman–Crippen MR) is 80.6 cm³/mol. The number of benzene rings is 1. The number of sulfonamides is 1. The van der Waals surface area contributed by atoms with Crippen LogP contribution in [0.1, 0.15) is 12.8 Å². The van der Waals surface area contributed by atoms with Crippen molar-refractivity contribution in [3.05, 3.63) is 22.7 Å². The molecule has 0 aliphatic carbocycles. The van der Waals surface area contributed by atoms with Gasteiger partial charge in [-0.3, -0.25) is 0 Å². The summed E-state index contributed by atoms with van der Waals surface area (Å²) in [5.74, 6) is 0.0199. The summed E-state index contributed by atoms with van der Waals surface area (Å²) in [6.45, 7) is 0. The molecule has 6 nitrogen and oxygen atoms in total. The summed E-state index contributed by atoms with van der Waals surface area (Å²) in [5.41, 5.74) is 5.86. The Hall–Kier alpha value is -0.640. The average molecular weight is 383 g/mol. The molecule has 0 saturated carbocycles. The fourth-order valence-electron chi connectivity index (χ4n) is 2.05. The molecule has 0 atom stereocenters. The Kier molecular flexibility index (Phi) is 4.43. The minimum atomic E-state index is -3.74. The third-order valence-electron chi connectivity index (χ3n) is 3.14. The van der Waals surface area contributed by atoms with Crippen LogP contribution >= 0.6 is 15.9 Å². The molecule has 0 unspecified atom stereocenters. The molecule has 0 radical (unpaired) electrons. The maximum atomic E-state index is 12.2. The second kappa shape index (κ2) is 5.63. The third kappa shape index (κ3) is 3.72. The number of rotatable bonds is 3. The SMILES string of the molecule is Nc1cc(Br)ccc1S(=O)(=O)NC1CCS(=O)(=O)CC1. The molecule has 0 spiro atoms. The molecule has 1 fully saturated rings. The van der Waals surface area contributed by atoms with E-state index in [0.717, 1.165) is 0 Å². The van der Waals surface area contributed by atoms with E-state index in [-0.39, 0.29) is 41.0 Å². The standard InChI is InChI=1S/C11H15BrN2O4S2/c12-8-1-2-11(10(13)7-8)20(17,18)14-9-3-5-19(15,16)6-4-9/h1-2,7,9,14H,3-6,13H2. The Morgan fingerprint density at radius 3 is 2.40 bits per heavy atom. The number of nitrogens with two attached hydrogens (primary N) is 1. The van der Waals surface area contributed by atoms with E-state index in [1.807, 2.05) is 0 Å². The van der Waals surface area contributed by atoms with Crippen LogP contribution in [0.2, 0.25) is 0 Å². The summed E-state index contributed by atoms with van der Waals surface area (Å²) < 4.78 is 50.3. The van der Waals surface area contributed by atoms with Crippen molar-refractivity contribution < 1.29 is 16.8 Å². The number of halogens is 1. The lowest BCUT2D eigenvalue weighted by atomic mass is 10.2. The average Bonchev–Trinajstić information content (AvgIpc) is 2.31. The molecule has 1 heterocycles. The molecule has 9 heteroatoms. The monoisotopic (exact) mass is 382 g/mol. The van der Waals surface area contributed by atoms with E-state index in [2.05, 4.69) is 20.7 Å². The molecule has 0 amide bonds. The van der Waals surface area contributed by atoms with Gasteiger partial charge in [0.05, 0.1) is 17.2 Å². The number of anilines is 1. The number of nitrogens with one attached hydrogen (secondary N) is 1. The van der Waals surface area contributed by atoms with Crippen LogP contribution in [0.15, 0.2) is 27.6 Å². The summed E-state index contributed by atoms with van der Waals surface area (Å²) in [7, 11) is -6.75. The molecule has 0 bridgehead atoms. The molecule has 1 aliphatic rings. The summed E-state index contributed by atoms with van der Waals surface area (Å²) in [5, 5.41) is 0. The normalized spacial score (nSPS) is 19.9. The lowest BCUT2D eigenvalue weighted by Crippen LogP contribution is -2.40. The fraction of sp³-hybridized carbons (Fsp3) is 0.455. The summed E-state index contributed by atoms with van der Waals surface area (Å²) in [6, 6.07) is 4.16. The van der Waals surface area contributed by atoms with Crippen molar-refractivity contribution in [2.75, 3.05) is 17.2 Å². The maximum Gasteiger partial charge on any atom is 0.242 e. The summed E-state index contributed by atoms with van der Waals surface area (Å²) in [4.78, 5) is 0.00845. The van der Waals surface area contributed by atoms with Crippen LogP contribution in [0.3, 0.4) is 0 Å². The van der Waals surface area contributed by atoms with Gasteiger partial charge >= 0.3 is 0 Å². The van der Waals surface area contributed by atoms with Gasteiger partial charge in [0.1, 0.15) is 14.7 Å². The van der Waals surface area contributed by atoms with Crippen molar-refractivity contribution in [1.82, 2.24) is 4.72 Å². The first kappa shape index (κ1) is 15.7. The molecule has 1 aromatic rings. The van der Waals surface area contributed by atoms with Crippen LogP contribution in [0.5, 0.6) is 0 Å². The number of hydrogen-bond donors (Lipinski definition) is 2. The van der Waals surface area contributed by atoms with E-state index < -0.39 is 19.9 Å². The van der Waals surface area contributed by atoms with Crippen LogP contribution in [0.4, 0.5) is 5.69 Å². The van der Waals surface area contributed by atoms with E-state index in [1.165, 1.54) is 12.1 Å². The maximum absolute atomic E-state index is 12.2. The Balaban J connectivity index is 2.16. The van der Waals surface area contributed by atoms with Crippen LogP contribution in [-0.2, 0) is 19.9 Å². The molecule has 2 rings (SSSR count). The van der Waals surface area contributed by atoms with Crippen molar-refractivity contribution in [3.8, 4) is 0 Å². The van der Waals surface area contributed by atoms with Gasteiger partial charge in [0.2, 0.25) is 10.0 Å². The van der Waals surface area contributed by atoms with Crippen molar-refractivity contribution >= 4 is 41.5 Å². The lowest BCUT2D eigenvalue weighted by Gasteiger charge is -2.23. The van der Waals surface area contributed by atoms with Crippen molar-refractivity contribution in [2.24, 2.45) is 0 Å². The number of sulfone groups is 1. The molecule has 20 heavy (non-hydrogen) atoms.